The van der Waals surface area contributed by atoms with Crippen molar-refractivity contribution in [1.29, 1.82) is 0 Å². The molecule has 2 aromatic rings. The highest BCUT2D eigenvalue weighted by Crippen LogP contribution is 2.14. The lowest BCUT2D eigenvalue weighted by molar-refractivity contribution is -0.123. The summed E-state index contributed by atoms with van der Waals surface area (Å²) in [5, 5.41) is 6.01. The van der Waals surface area contributed by atoms with Crippen LogP contribution in [0.2, 0.25) is 0 Å². The Kier molecular flexibility index (Phi) is 8.82. The Morgan fingerprint density at radius 1 is 1.00 bits per heavy atom. The Bertz CT molecular complexity index is 907. The van der Waals surface area contributed by atoms with E-state index in [-0.39, 0.29) is 17.7 Å². The Morgan fingerprint density at radius 3 is 2.34 bits per heavy atom. The van der Waals surface area contributed by atoms with Crippen LogP contribution in [0, 0.1) is 12.8 Å². The number of hydrogen-bond donors (Lipinski definition) is 2. The molecule has 1 atom stereocenters. The van der Waals surface area contributed by atoms with Crippen LogP contribution in [0.4, 0.5) is 0 Å². The van der Waals surface area contributed by atoms with Crippen molar-refractivity contribution >= 4 is 11.8 Å². The van der Waals surface area contributed by atoms with E-state index in [2.05, 4.69) is 41.5 Å². The van der Waals surface area contributed by atoms with Crippen LogP contribution < -0.4 is 10.6 Å². The van der Waals surface area contributed by atoms with E-state index in [1.807, 2.05) is 37.3 Å². The summed E-state index contributed by atoms with van der Waals surface area (Å²) in [4.78, 5) is 28.2. The lowest BCUT2D eigenvalue weighted by atomic mass is 10.0. The molecular formula is C26H35N3O3. The number of amides is 2. The maximum atomic E-state index is 13.1. The second-order valence-electron chi connectivity index (χ2n) is 8.85. The van der Waals surface area contributed by atoms with Crippen molar-refractivity contribution in [2.45, 2.75) is 46.3 Å². The molecule has 1 aliphatic rings. The van der Waals surface area contributed by atoms with Crippen LogP contribution in [0.25, 0.3) is 0 Å². The Hall–Kier alpha value is -2.70. The first-order chi connectivity index (χ1) is 15.4. The van der Waals surface area contributed by atoms with Crippen molar-refractivity contribution in [1.82, 2.24) is 15.5 Å². The molecule has 6 heteroatoms. The van der Waals surface area contributed by atoms with Gasteiger partial charge < -0.3 is 15.4 Å². The van der Waals surface area contributed by atoms with Gasteiger partial charge in [-0.2, -0.15) is 0 Å². The van der Waals surface area contributed by atoms with Gasteiger partial charge in [-0.15, -0.1) is 0 Å². The van der Waals surface area contributed by atoms with Crippen LogP contribution >= 0.6 is 0 Å². The van der Waals surface area contributed by atoms with Gasteiger partial charge in [0.1, 0.15) is 6.04 Å². The van der Waals surface area contributed by atoms with Gasteiger partial charge in [-0.05, 0) is 42.0 Å². The second kappa shape index (κ2) is 11.8. The highest BCUT2D eigenvalue weighted by molar-refractivity contribution is 5.98. The molecule has 2 amide bonds. The lowest BCUT2D eigenvalue weighted by Gasteiger charge is -2.27. The zero-order valence-electron chi connectivity index (χ0n) is 19.4. The van der Waals surface area contributed by atoms with E-state index in [1.165, 1.54) is 5.56 Å². The molecule has 1 fully saturated rings. The van der Waals surface area contributed by atoms with E-state index in [9.17, 15) is 9.59 Å². The Labute approximate surface area is 191 Å². The number of nitrogens with one attached hydrogen (secondary N) is 2. The topological polar surface area (TPSA) is 70.7 Å². The predicted molar refractivity (Wildman–Crippen MR) is 126 cm³/mol. The van der Waals surface area contributed by atoms with Gasteiger partial charge in [0.05, 0.1) is 13.2 Å². The highest BCUT2D eigenvalue weighted by atomic mass is 16.5. The quantitative estimate of drug-likeness (QED) is 0.632. The van der Waals surface area contributed by atoms with Gasteiger partial charge >= 0.3 is 0 Å². The average Bonchev–Trinajstić information content (AvgIpc) is 2.78. The number of nitrogens with zero attached hydrogens (tertiary/aromatic N) is 1. The third-order valence-electron chi connectivity index (χ3n) is 5.79. The minimum absolute atomic E-state index is 0.151. The second-order valence-corrected chi connectivity index (χ2v) is 8.85. The number of benzene rings is 2. The van der Waals surface area contributed by atoms with Crippen LogP contribution in [-0.4, -0.2) is 49.1 Å². The molecule has 2 aromatic carbocycles. The molecule has 0 aliphatic carbocycles. The van der Waals surface area contributed by atoms with E-state index in [1.54, 1.807) is 6.07 Å². The summed E-state index contributed by atoms with van der Waals surface area (Å²) in [5.74, 6) is -0.0880. The number of carbonyl (C=O) groups excluding carboxylic acids is 2. The largest absolute Gasteiger partial charge is 0.379 e. The minimum Gasteiger partial charge on any atom is -0.379 e. The molecule has 172 valence electrons. The molecule has 1 aliphatic heterocycles. The third-order valence-corrected chi connectivity index (χ3v) is 5.79. The molecule has 2 N–H and O–H groups in total. The summed E-state index contributed by atoms with van der Waals surface area (Å²) < 4.78 is 5.44. The number of hydrogen-bond acceptors (Lipinski definition) is 4. The summed E-state index contributed by atoms with van der Waals surface area (Å²) in [5.41, 5.74) is 3.80. The molecule has 0 spiro atoms. The van der Waals surface area contributed by atoms with Crippen molar-refractivity contribution in [3.63, 3.8) is 0 Å². The number of aryl methyl sites for hydroxylation is 1. The van der Waals surface area contributed by atoms with Crippen LogP contribution in [0.1, 0.15) is 47.3 Å². The first kappa shape index (κ1) is 24.0. The fourth-order valence-electron chi connectivity index (χ4n) is 3.96. The summed E-state index contributed by atoms with van der Waals surface area (Å²) in [7, 11) is 0. The molecule has 0 bridgehead atoms. The molecule has 0 aromatic heterocycles. The molecule has 32 heavy (non-hydrogen) atoms. The van der Waals surface area contributed by atoms with Crippen LogP contribution in [0.15, 0.2) is 48.5 Å². The predicted octanol–water partition coefficient (Wildman–Crippen LogP) is 3.29. The van der Waals surface area contributed by atoms with E-state index in [0.717, 1.165) is 44.0 Å². The molecule has 1 heterocycles. The van der Waals surface area contributed by atoms with Gasteiger partial charge in [0.15, 0.2) is 0 Å². The normalized spacial score (nSPS) is 15.4. The molecule has 0 radical (unpaired) electrons. The summed E-state index contributed by atoms with van der Waals surface area (Å²) in [6, 6.07) is 15.1. The van der Waals surface area contributed by atoms with Gasteiger partial charge in [-0.3, -0.25) is 14.5 Å². The van der Waals surface area contributed by atoms with Crippen molar-refractivity contribution in [3.8, 4) is 0 Å². The molecule has 0 unspecified atom stereocenters. The molecule has 1 saturated heterocycles. The van der Waals surface area contributed by atoms with Crippen molar-refractivity contribution < 1.29 is 14.3 Å². The van der Waals surface area contributed by atoms with E-state index < -0.39 is 6.04 Å². The van der Waals surface area contributed by atoms with Gasteiger partial charge in [-0.25, -0.2) is 0 Å². The van der Waals surface area contributed by atoms with E-state index in [0.29, 0.717) is 18.5 Å². The monoisotopic (exact) mass is 437 g/mol. The highest BCUT2D eigenvalue weighted by Gasteiger charge is 2.23. The maximum absolute atomic E-state index is 13.1. The first-order valence-electron chi connectivity index (χ1n) is 11.4. The zero-order valence-corrected chi connectivity index (χ0v) is 19.4. The average molecular weight is 438 g/mol. The fraction of sp³-hybridized carbons (Fsp3) is 0.462. The maximum Gasteiger partial charge on any atom is 0.252 e. The van der Waals surface area contributed by atoms with Crippen molar-refractivity contribution in [2.24, 2.45) is 5.92 Å². The van der Waals surface area contributed by atoms with Crippen molar-refractivity contribution in [2.75, 3.05) is 26.3 Å². The SMILES string of the molecule is Cc1ccccc1C(=O)N[C@H](CC(C)C)C(=O)NCc1ccccc1CN1CCOCC1. The minimum atomic E-state index is -0.575. The summed E-state index contributed by atoms with van der Waals surface area (Å²) in [6.07, 6.45) is 0.582. The third kappa shape index (κ3) is 6.90. The van der Waals surface area contributed by atoms with Gasteiger partial charge in [0.2, 0.25) is 5.91 Å². The Morgan fingerprint density at radius 2 is 1.66 bits per heavy atom. The lowest BCUT2D eigenvalue weighted by Crippen LogP contribution is -2.47. The zero-order chi connectivity index (χ0) is 22.9. The number of ether oxygens (including phenoxy) is 1. The van der Waals surface area contributed by atoms with Gasteiger partial charge in [0, 0.05) is 31.7 Å². The standard InChI is InChI=1S/C26H35N3O3/c1-19(2)16-24(28-25(30)23-11-7-4-8-20(23)3)26(31)27-17-21-9-5-6-10-22(21)18-29-12-14-32-15-13-29/h4-11,19,24H,12-18H2,1-3H3,(H,27,31)(H,28,30)/t24-/m1/s1. The number of carbonyl (C=O) groups is 2. The summed E-state index contributed by atoms with van der Waals surface area (Å²) >= 11 is 0. The molecule has 0 saturated carbocycles. The van der Waals surface area contributed by atoms with Gasteiger partial charge in [0.25, 0.3) is 5.91 Å². The summed E-state index contributed by atoms with van der Waals surface area (Å²) in [6.45, 7) is 10.6. The smallest absolute Gasteiger partial charge is 0.252 e. The van der Waals surface area contributed by atoms with Crippen LogP contribution in [0.5, 0.6) is 0 Å². The molecular weight excluding hydrogens is 402 g/mol. The fourth-order valence-corrected chi connectivity index (χ4v) is 3.96. The van der Waals surface area contributed by atoms with Crippen molar-refractivity contribution in [3.05, 3.63) is 70.8 Å². The number of morpholine rings is 1. The van der Waals surface area contributed by atoms with Crippen LogP contribution in [0.3, 0.4) is 0 Å². The van der Waals surface area contributed by atoms with E-state index in [4.69, 9.17) is 4.74 Å². The first-order valence-corrected chi connectivity index (χ1v) is 11.4. The van der Waals surface area contributed by atoms with E-state index >= 15 is 0 Å². The van der Waals surface area contributed by atoms with Crippen LogP contribution in [-0.2, 0) is 22.6 Å². The molecule has 6 nitrogen and oxygen atoms in total. The Balaban J connectivity index is 1.64. The number of rotatable bonds is 9. The van der Waals surface area contributed by atoms with Gasteiger partial charge in [-0.1, -0.05) is 56.3 Å². The molecule has 3 rings (SSSR count).